The van der Waals surface area contributed by atoms with Crippen LogP contribution in [0.1, 0.15) is 61.3 Å². The van der Waals surface area contributed by atoms with Gasteiger partial charge in [0.05, 0.1) is 31.7 Å². The molecule has 1 aliphatic heterocycles. The Morgan fingerprint density at radius 3 is 2.29 bits per heavy atom. The molecule has 0 aliphatic carbocycles. The Hall–Kier alpha value is -1.55. The number of aliphatic imine (C=N–C) groups is 1. The van der Waals surface area contributed by atoms with E-state index in [-0.39, 0.29) is 17.9 Å². The molecule has 1 fully saturated rings. The molecule has 0 aromatic heterocycles. The first-order chi connectivity index (χ1) is 16.0. The highest BCUT2D eigenvalue weighted by Gasteiger charge is 2.49. The summed E-state index contributed by atoms with van der Waals surface area (Å²) in [4.78, 5) is 31.4. The van der Waals surface area contributed by atoms with Gasteiger partial charge < -0.3 is 28.6 Å². The first-order valence-electron chi connectivity index (χ1n) is 12.3. The quantitative estimate of drug-likeness (QED) is 0.289. The standard InChI is InChI=1S/C25H46N2O7/c1-11-27(12-2)14-13-20(28)33-23-19(6)32-21(15-25(23,7)31-10)34-22(16(3)18(5)26-8)17(4)24(29)30-9/h16-17,19,21-23H,11-15H2,1-10H3/t16?,17?,19?,21?,22?,23-,25-/m1/s1. The Kier molecular flexibility index (Phi) is 12.7. The lowest BCUT2D eigenvalue weighted by atomic mass is 9.87. The summed E-state index contributed by atoms with van der Waals surface area (Å²) in [7, 11) is 4.67. The summed E-state index contributed by atoms with van der Waals surface area (Å²) >= 11 is 0. The maximum atomic E-state index is 12.6. The summed E-state index contributed by atoms with van der Waals surface area (Å²) in [6.07, 6.45) is -1.59. The Balaban J connectivity index is 2.99. The third-order valence-electron chi connectivity index (χ3n) is 7.10. The number of carbonyl (C=O) groups excluding carboxylic acids is 2. The molecular formula is C25H46N2O7. The van der Waals surface area contributed by atoms with Crippen molar-refractivity contribution in [3.63, 3.8) is 0 Å². The maximum Gasteiger partial charge on any atom is 0.311 e. The van der Waals surface area contributed by atoms with Crippen molar-refractivity contribution in [1.82, 2.24) is 4.90 Å². The molecule has 0 radical (unpaired) electrons. The van der Waals surface area contributed by atoms with Crippen molar-refractivity contribution < 1.29 is 33.3 Å². The van der Waals surface area contributed by atoms with Crippen LogP contribution < -0.4 is 0 Å². The van der Waals surface area contributed by atoms with Crippen molar-refractivity contribution in [2.75, 3.05) is 40.9 Å². The average Bonchev–Trinajstić information content (AvgIpc) is 2.83. The van der Waals surface area contributed by atoms with Crippen molar-refractivity contribution in [2.24, 2.45) is 16.8 Å². The zero-order valence-electron chi connectivity index (χ0n) is 22.8. The number of hydrogen-bond donors (Lipinski definition) is 0. The Morgan fingerprint density at radius 2 is 1.79 bits per heavy atom. The van der Waals surface area contributed by atoms with Gasteiger partial charge in [0, 0.05) is 38.8 Å². The summed E-state index contributed by atoms with van der Waals surface area (Å²) in [6, 6.07) is 0. The third kappa shape index (κ3) is 8.00. The van der Waals surface area contributed by atoms with E-state index in [4.69, 9.17) is 23.7 Å². The number of ether oxygens (including phenoxy) is 5. The van der Waals surface area contributed by atoms with Gasteiger partial charge in [0.1, 0.15) is 5.60 Å². The molecule has 0 aromatic carbocycles. The van der Waals surface area contributed by atoms with Gasteiger partial charge in [0.2, 0.25) is 0 Å². The Labute approximate surface area is 205 Å². The predicted octanol–water partition coefficient (Wildman–Crippen LogP) is 3.09. The van der Waals surface area contributed by atoms with Crippen molar-refractivity contribution in [3.8, 4) is 0 Å². The minimum atomic E-state index is -0.816. The molecule has 198 valence electrons. The van der Waals surface area contributed by atoms with Crippen LogP contribution in [0, 0.1) is 11.8 Å². The van der Waals surface area contributed by atoms with Gasteiger partial charge in [0.25, 0.3) is 0 Å². The van der Waals surface area contributed by atoms with Gasteiger partial charge in [0.15, 0.2) is 12.4 Å². The van der Waals surface area contributed by atoms with Crippen molar-refractivity contribution in [1.29, 1.82) is 0 Å². The SMILES string of the molecule is CCN(CC)CCC(=O)O[C@@H]1C(C)OC(OC(C(C)C(=O)OC)C(C)C(C)=NC)C[C@@]1(C)OC. The highest BCUT2D eigenvalue weighted by atomic mass is 16.7. The minimum Gasteiger partial charge on any atom is -0.469 e. The van der Waals surface area contributed by atoms with Gasteiger partial charge >= 0.3 is 11.9 Å². The normalized spacial score (nSPS) is 28.3. The van der Waals surface area contributed by atoms with E-state index < -0.39 is 36.1 Å². The van der Waals surface area contributed by atoms with Crippen molar-refractivity contribution >= 4 is 17.7 Å². The van der Waals surface area contributed by atoms with Crippen LogP contribution >= 0.6 is 0 Å². The second kappa shape index (κ2) is 14.1. The van der Waals surface area contributed by atoms with E-state index in [2.05, 4.69) is 23.7 Å². The molecule has 0 bridgehead atoms. The average molecular weight is 487 g/mol. The monoisotopic (exact) mass is 486 g/mol. The van der Waals surface area contributed by atoms with Gasteiger partial charge in [-0.15, -0.1) is 0 Å². The Bertz CT molecular complexity index is 682. The van der Waals surface area contributed by atoms with Crippen LogP contribution in [0.2, 0.25) is 0 Å². The summed E-state index contributed by atoms with van der Waals surface area (Å²) in [6.45, 7) is 15.9. The smallest absolute Gasteiger partial charge is 0.311 e. The number of methoxy groups -OCH3 is 2. The topological polar surface area (TPSA) is 95.9 Å². The van der Waals surface area contributed by atoms with Gasteiger partial charge in [-0.05, 0) is 40.8 Å². The van der Waals surface area contributed by atoms with Gasteiger partial charge in [-0.25, -0.2) is 0 Å². The number of esters is 2. The molecule has 1 heterocycles. The van der Waals surface area contributed by atoms with E-state index in [1.165, 1.54) is 7.11 Å². The van der Waals surface area contributed by atoms with Crippen LogP contribution in [-0.4, -0.2) is 93.7 Å². The van der Waals surface area contributed by atoms with Gasteiger partial charge in [-0.1, -0.05) is 20.8 Å². The third-order valence-corrected chi connectivity index (χ3v) is 7.10. The van der Waals surface area contributed by atoms with Gasteiger partial charge in [-0.2, -0.15) is 0 Å². The molecule has 0 spiro atoms. The summed E-state index contributed by atoms with van der Waals surface area (Å²) in [5, 5.41) is 0. The van der Waals surface area contributed by atoms with Crippen LogP contribution in [0.4, 0.5) is 0 Å². The second-order valence-electron chi connectivity index (χ2n) is 9.25. The molecule has 5 unspecified atom stereocenters. The second-order valence-corrected chi connectivity index (χ2v) is 9.25. The van der Waals surface area contributed by atoms with Crippen LogP contribution in [0.5, 0.6) is 0 Å². The predicted molar refractivity (Wildman–Crippen MR) is 131 cm³/mol. The molecule has 34 heavy (non-hydrogen) atoms. The molecule has 1 aliphatic rings. The molecule has 9 nitrogen and oxygen atoms in total. The fourth-order valence-corrected chi connectivity index (χ4v) is 4.40. The fraction of sp³-hybridized carbons (Fsp3) is 0.880. The van der Waals surface area contributed by atoms with Crippen LogP contribution in [0.15, 0.2) is 4.99 Å². The van der Waals surface area contributed by atoms with Gasteiger partial charge in [-0.3, -0.25) is 14.6 Å². The number of nitrogens with zero attached hydrogens (tertiary/aromatic N) is 2. The summed E-state index contributed by atoms with van der Waals surface area (Å²) in [5.41, 5.74) is 0.0442. The largest absolute Gasteiger partial charge is 0.469 e. The van der Waals surface area contributed by atoms with Crippen LogP contribution in [0.25, 0.3) is 0 Å². The van der Waals surface area contributed by atoms with E-state index in [9.17, 15) is 9.59 Å². The number of rotatable bonds is 13. The first-order valence-corrected chi connectivity index (χ1v) is 12.3. The molecule has 0 aromatic rings. The highest BCUT2D eigenvalue weighted by molar-refractivity contribution is 5.85. The molecular weight excluding hydrogens is 440 g/mol. The van der Waals surface area contributed by atoms with E-state index in [0.717, 1.165) is 18.8 Å². The lowest BCUT2D eigenvalue weighted by molar-refractivity contribution is -0.296. The van der Waals surface area contributed by atoms with E-state index >= 15 is 0 Å². The summed E-state index contributed by atoms with van der Waals surface area (Å²) in [5.74, 6) is -1.31. The van der Waals surface area contributed by atoms with Crippen molar-refractivity contribution in [3.05, 3.63) is 0 Å². The van der Waals surface area contributed by atoms with Crippen molar-refractivity contribution in [2.45, 2.75) is 91.5 Å². The van der Waals surface area contributed by atoms with Crippen LogP contribution in [-0.2, 0) is 33.3 Å². The maximum absolute atomic E-state index is 12.6. The number of hydrogen-bond acceptors (Lipinski definition) is 9. The first kappa shape index (κ1) is 30.5. The molecule has 0 saturated carbocycles. The van der Waals surface area contributed by atoms with E-state index in [0.29, 0.717) is 19.4 Å². The molecule has 1 rings (SSSR count). The van der Waals surface area contributed by atoms with Crippen LogP contribution in [0.3, 0.4) is 0 Å². The lowest BCUT2D eigenvalue weighted by Gasteiger charge is -2.47. The minimum absolute atomic E-state index is 0.137. The van der Waals surface area contributed by atoms with E-state index in [1.807, 2.05) is 27.7 Å². The molecule has 0 amide bonds. The molecule has 0 N–H and O–H groups in total. The fourth-order valence-electron chi connectivity index (χ4n) is 4.40. The highest BCUT2D eigenvalue weighted by Crippen LogP contribution is 2.36. The zero-order chi connectivity index (χ0) is 26.1. The number of carbonyl (C=O) groups is 2. The van der Waals surface area contributed by atoms with E-state index in [1.54, 1.807) is 21.1 Å². The Morgan fingerprint density at radius 1 is 1.18 bits per heavy atom. The molecule has 9 heteroatoms. The molecule has 7 atom stereocenters. The summed E-state index contributed by atoms with van der Waals surface area (Å²) < 4.78 is 29.1. The lowest BCUT2D eigenvalue weighted by Crippen LogP contribution is -2.59. The molecule has 1 saturated heterocycles. The zero-order valence-corrected chi connectivity index (χ0v) is 22.8.